The van der Waals surface area contributed by atoms with Gasteiger partial charge < -0.3 is 14.6 Å². The summed E-state index contributed by atoms with van der Waals surface area (Å²) in [6.45, 7) is 9.83. The molecule has 0 bridgehead atoms. The van der Waals surface area contributed by atoms with Crippen molar-refractivity contribution in [2.45, 2.75) is 39.7 Å². The number of nitrogens with zero attached hydrogens (tertiary/aromatic N) is 5. The lowest BCUT2D eigenvalue weighted by atomic mass is 10.0. The first kappa shape index (κ1) is 25.1. The molecule has 200 valence electrons. The van der Waals surface area contributed by atoms with Crippen LogP contribution in [0.15, 0.2) is 52.0 Å². The van der Waals surface area contributed by atoms with Crippen molar-refractivity contribution < 1.29 is 13.2 Å². The van der Waals surface area contributed by atoms with Gasteiger partial charge in [-0.25, -0.2) is 23.1 Å². The Labute approximate surface area is 223 Å². The molecular formula is C29H28F2N6O2. The van der Waals surface area contributed by atoms with Crippen LogP contribution in [0, 0.1) is 18.6 Å². The van der Waals surface area contributed by atoms with E-state index >= 15 is 8.78 Å². The lowest BCUT2D eigenvalue weighted by Gasteiger charge is -2.35. The third-order valence-corrected chi connectivity index (χ3v) is 7.30. The van der Waals surface area contributed by atoms with Crippen molar-refractivity contribution in [3.63, 3.8) is 0 Å². The van der Waals surface area contributed by atoms with E-state index in [2.05, 4.69) is 20.3 Å². The van der Waals surface area contributed by atoms with Crippen LogP contribution in [0.25, 0.3) is 38.9 Å². The summed E-state index contributed by atoms with van der Waals surface area (Å²) in [5.74, 6) is -1.05. The summed E-state index contributed by atoms with van der Waals surface area (Å²) >= 11 is 0. The number of rotatable bonds is 4. The molecule has 0 aliphatic carbocycles. The van der Waals surface area contributed by atoms with Crippen molar-refractivity contribution in [1.29, 1.82) is 0 Å². The Bertz CT molecular complexity index is 1800. The number of aromatic nitrogens is 4. The number of piperazine rings is 1. The van der Waals surface area contributed by atoms with Crippen LogP contribution < -0.4 is 15.9 Å². The molecule has 0 spiro atoms. The molecule has 1 N–H and O–H groups in total. The van der Waals surface area contributed by atoms with Crippen molar-refractivity contribution in [3.05, 3.63) is 76.2 Å². The first-order chi connectivity index (χ1) is 18.7. The quantitative estimate of drug-likeness (QED) is 0.346. The Balaban J connectivity index is 1.72. The summed E-state index contributed by atoms with van der Waals surface area (Å²) in [4.78, 5) is 29.5. The fourth-order valence-corrected chi connectivity index (χ4v) is 5.32. The zero-order valence-corrected chi connectivity index (χ0v) is 22.1. The first-order valence-corrected chi connectivity index (χ1v) is 13.0. The van der Waals surface area contributed by atoms with Crippen LogP contribution in [0.4, 0.5) is 14.6 Å². The van der Waals surface area contributed by atoms with Gasteiger partial charge in [0.2, 0.25) is 0 Å². The molecule has 1 aromatic carbocycles. The molecule has 5 heterocycles. The van der Waals surface area contributed by atoms with Crippen molar-refractivity contribution >= 4 is 27.8 Å². The Kier molecular flexibility index (Phi) is 6.14. The second-order valence-corrected chi connectivity index (χ2v) is 10.3. The van der Waals surface area contributed by atoms with E-state index in [4.69, 9.17) is 4.42 Å². The molecule has 1 aliphatic rings. The SMILES string of the molecule is Cc1ccnc(C(C)C)c1-n1c(=O)nc(N2CCNC[C@@H]2C)c2cc(F)c(-c3cc4ccoc4cc3F)nc21. The topological polar surface area (TPSA) is 89.1 Å². The van der Waals surface area contributed by atoms with E-state index in [-0.39, 0.29) is 28.9 Å². The fraction of sp³-hybridized carbons (Fsp3) is 0.310. The number of nitrogens with one attached hydrogen (secondary N) is 1. The average Bonchev–Trinajstić information content (AvgIpc) is 3.36. The predicted octanol–water partition coefficient (Wildman–Crippen LogP) is 5.10. The van der Waals surface area contributed by atoms with Gasteiger partial charge in [-0.05, 0) is 49.6 Å². The Hall–Kier alpha value is -4.18. The van der Waals surface area contributed by atoms with Crippen molar-refractivity contribution in [2.75, 3.05) is 24.5 Å². The lowest BCUT2D eigenvalue weighted by Crippen LogP contribution is -2.50. The van der Waals surface area contributed by atoms with Crippen LogP contribution in [0.1, 0.15) is 37.9 Å². The molecule has 5 aromatic rings. The highest BCUT2D eigenvalue weighted by molar-refractivity contribution is 5.91. The molecular weight excluding hydrogens is 502 g/mol. The molecule has 8 nitrogen and oxygen atoms in total. The minimum atomic E-state index is -0.715. The zero-order valence-electron chi connectivity index (χ0n) is 22.1. The maximum Gasteiger partial charge on any atom is 0.355 e. The minimum absolute atomic E-state index is 0.0136. The summed E-state index contributed by atoms with van der Waals surface area (Å²) < 4.78 is 37.8. The number of anilines is 1. The molecule has 6 rings (SSSR count). The summed E-state index contributed by atoms with van der Waals surface area (Å²) in [6, 6.07) is 7.52. The van der Waals surface area contributed by atoms with Crippen molar-refractivity contribution in [3.8, 4) is 16.9 Å². The number of hydrogen-bond acceptors (Lipinski definition) is 7. The fourth-order valence-electron chi connectivity index (χ4n) is 5.32. The number of fused-ring (bicyclic) bond motifs is 2. The number of furan rings is 1. The monoisotopic (exact) mass is 530 g/mol. The highest BCUT2D eigenvalue weighted by Crippen LogP contribution is 2.34. The molecule has 0 saturated carbocycles. The molecule has 10 heteroatoms. The summed E-state index contributed by atoms with van der Waals surface area (Å²) in [5, 5.41) is 4.30. The summed E-state index contributed by atoms with van der Waals surface area (Å²) in [6.07, 6.45) is 3.14. The van der Waals surface area contributed by atoms with Gasteiger partial charge in [0.25, 0.3) is 0 Å². The second kappa shape index (κ2) is 9.53. The molecule has 39 heavy (non-hydrogen) atoms. The molecule has 1 aliphatic heterocycles. The highest BCUT2D eigenvalue weighted by atomic mass is 19.1. The van der Waals surface area contributed by atoms with E-state index in [0.717, 1.165) is 5.56 Å². The third-order valence-electron chi connectivity index (χ3n) is 7.30. The van der Waals surface area contributed by atoms with Crippen LogP contribution in [0.2, 0.25) is 0 Å². The van der Waals surface area contributed by atoms with Crippen LogP contribution in [-0.2, 0) is 0 Å². The number of hydrogen-bond donors (Lipinski definition) is 1. The Morgan fingerprint density at radius 3 is 2.72 bits per heavy atom. The first-order valence-electron chi connectivity index (χ1n) is 13.0. The van der Waals surface area contributed by atoms with Crippen molar-refractivity contribution in [2.24, 2.45) is 0 Å². The van der Waals surface area contributed by atoms with Gasteiger partial charge in [-0.2, -0.15) is 4.98 Å². The molecule has 1 saturated heterocycles. The van der Waals surface area contributed by atoms with E-state index in [1.165, 1.54) is 29.0 Å². The minimum Gasteiger partial charge on any atom is -0.464 e. The van der Waals surface area contributed by atoms with Gasteiger partial charge in [-0.15, -0.1) is 0 Å². The van der Waals surface area contributed by atoms with Crippen LogP contribution in [0.5, 0.6) is 0 Å². The molecule has 4 aromatic heterocycles. The smallest absolute Gasteiger partial charge is 0.355 e. The average molecular weight is 531 g/mol. The largest absolute Gasteiger partial charge is 0.464 e. The van der Waals surface area contributed by atoms with Crippen LogP contribution in [0.3, 0.4) is 0 Å². The maximum atomic E-state index is 15.9. The van der Waals surface area contributed by atoms with Gasteiger partial charge in [0, 0.05) is 48.9 Å². The highest BCUT2D eigenvalue weighted by Gasteiger charge is 2.27. The van der Waals surface area contributed by atoms with E-state index in [1.54, 1.807) is 12.3 Å². The number of halogens is 2. The summed E-state index contributed by atoms with van der Waals surface area (Å²) in [7, 11) is 0. The van der Waals surface area contributed by atoms with Gasteiger partial charge in [0.1, 0.15) is 28.7 Å². The molecule has 1 atom stereocenters. The van der Waals surface area contributed by atoms with Gasteiger partial charge in [0.15, 0.2) is 5.65 Å². The van der Waals surface area contributed by atoms with E-state index < -0.39 is 17.3 Å². The van der Waals surface area contributed by atoms with E-state index in [1.807, 2.05) is 38.7 Å². The van der Waals surface area contributed by atoms with Gasteiger partial charge in [0.05, 0.1) is 23.0 Å². The lowest BCUT2D eigenvalue weighted by molar-refractivity contribution is 0.497. The number of aryl methyl sites for hydroxylation is 1. The standard InChI is InChI=1S/C29H28F2N6O2/c1-15(2)24-26(16(3)5-7-33-24)37-28-20(27(35-29(37)38)36-9-8-32-14-17(36)4)12-22(31)25(34-28)19-11-18-6-10-39-23(18)13-21(19)30/h5-7,10-13,15,17,32H,8-9,14H2,1-4H3/t17-/m0/s1. The zero-order chi connectivity index (χ0) is 27.4. The molecule has 0 radical (unpaired) electrons. The Morgan fingerprint density at radius 1 is 1.13 bits per heavy atom. The normalized spacial score (nSPS) is 16.1. The molecule has 1 fully saturated rings. The molecule has 0 unspecified atom stereocenters. The predicted molar refractivity (Wildman–Crippen MR) is 147 cm³/mol. The van der Waals surface area contributed by atoms with E-state index in [9.17, 15) is 4.79 Å². The van der Waals surface area contributed by atoms with Gasteiger partial charge in [-0.3, -0.25) is 4.98 Å². The van der Waals surface area contributed by atoms with Gasteiger partial charge in [-0.1, -0.05) is 13.8 Å². The number of pyridine rings is 2. The van der Waals surface area contributed by atoms with Crippen molar-refractivity contribution in [1.82, 2.24) is 24.8 Å². The molecule has 0 amide bonds. The number of benzene rings is 1. The Morgan fingerprint density at radius 2 is 1.95 bits per heavy atom. The third kappa shape index (κ3) is 4.15. The maximum absolute atomic E-state index is 15.9. The summed E-state index contributed by atoms with van der Waals surface area (Å²) in [5.41, 5.74) is 1.78. The van der Waals surface area contributed by atoms with Crippen LogP contribution >= 0.6 is 0 Å². The van der Waals surface area contributed by atoms with Crippen LogP contribution in [-0.4, -0.2) is 45.2 Å². The van der Waals surface area contributed by atoms with Gasteiger partial charge >= 0.3 is 5.69 Å². The second-order valence-electron chi connectivity index (χ2n) is 10.3. The van der Waals surface area contributed by atoms with E-state index in [0.29, 0.717) is 53.2 Å².